The van der Waals surface area contributed by atoms with Crippen LogP contribution in [0.1, 0.15) is 40.0 Å². The van der Waals surface area contributed by atoms with Gasteiger partial charge in [-0.3, -0.25) is 14.5 Å². The molecule has 0 radical (unpaired) electrons. The lowest BCUT2D eigenvalue weighted by Gasteiger charge is -2.32. The minimum Gasteiger partial charge on any atom is -0.349 e. The summed E-state index contributed by atoms with van der Waals surface area (Å²) in [5.41, 5.74) is 1.30. The largest absolute Gasteiger partial charge is 0.349 e. The van der Waals surface area contributed by atoms with Crippen molar-refractivity contribution in [3.63, 3.8) is 0 Å². The van der Waals surface area contributed by atoms with Gasteiger partial charge in [0, 0.05) is 62.5 Å². The SMILES string of the molecule is Cl.O=C(NC1CC1)c1ccc(C(=O)N2CCC(N3CCNCC3)C2)cc1. The third kappa shape index (κ3) is 4.37. The van der Waals surface area contributed by atoms with Gasteiger partial charge in [0.2, 0.25) is 0 Å². The maximum atomic E-state index is 12.7. The van der Waals surface area contributed by atoms with Crippen molar-refractivity contribution in [3.8, 4) is 0 Å². The normalized spacial score (nSPS) is 23.4. The summed E-state index contributed by atoms with van der Waals surface area (Å²) >= 11 is 0. The summed E-state index contributed by atoms with van der Waals surface area (Å²) in [5.74, 6) is 0.0354. The molecule has 1 aromatic rings. The van der Waals surface area contributed by atoms with Crippen molar-refractivity contribution in [2.75, 3.05) is 39.3 Å². The topological polar surface area (TPSA) is 64.7 Å². The average Bonchev–Trinajstić information content (AvgIpc) is 3.34. The van der Waals surface area contributed by atoms with Gasteiger partial charge in [0.15, 0.2) is 0 Å². The van der Waals surface area contributed by atoms with E-state index in [9.17, 15) is 9.59 Å². The lowest BCUT2D eigenvalue weighted by molar-refractivity contribution is 0.0772. The minimum atomic E-state index is -0.0403. The van der Waals surface area contributed by atoms with E-state index in [4.69, 9.17) is 0 Å². The number of carbonyl (C=O) groups is 2. The van der Waals surface area contributed by atoms with Crippen LogP contribution in [0.25, 0.3) is 0 Å². The fourth-order valence-corrected chi connectivity index (χ4v) is 3.71. The van der Waals surface area contributed by atoms with Crippen molar-refractivity contribution in [1.82, 2.24) is 20.4 Å². The van der Waals surface area contributed by atoms with Crippen LogP contribution in [0.15, 0.2) is 24.3 Å². The van der Waals surface area contributed by atoms with E-state index >= 15 is 0 Å². The van der Waals surface area contributed by atoms with Crippen LogP contribution in [-0.2, 0) is 0 Å². The molecule has 1 aromatic carbocycles. The molecule has 1 aliphatic carbocycles. The summed E-state index contributed by atoms with van der Waals surface area (Å²) in [5, 5.41) is 6.34. The molecule has 2 N–H and O–H groups in total. The molecule has 2 amide bonds. The molecule has 1 unspecified atom stereocenters. The molecule has 1 atom stereocenters. The molecule has 3 fully saturated rings. The van der Waals surface area contributed by atoms with Crippen molar-refractivity contribution < 1.29 is 9.59 Å². The molecule has 2 saturated heterocycles. The van der Waals surface area contributed by atoms with Crippen molar-refractivity contribution in [1.29, 1.82) is 0 Å². The Morgan fingerprint density at radius 1 is 0.962 bits per heavy atom. The molecule has 7 heteroatoms. The molecule has 0 aromatic heterocycles. The van der Waals surface area contributed by atoms with Crippen LogP contribution in [0.3, 0.4) is 0 Å². The number of amides is 2. The number of halogens is 1. The molecule has 2 aliphatic heterocycles. The van der Waals surface area contributed by atoms with Crippen molar-refractivity contribution >= 4 is 24.2 Å². The van der Waals surface area contributed by atoms with E-state index in [1.165, 1.54) is 0 Å². The van der Waals surface area contributed by atoms with Gasteiger partial charge in [-0.25, -0.2) is 0 Å². The highest BCUT2D eigenvalue weighted by Gasteiger charge is 2.31. The van der Waals surface area contributed by atoms with Gasteiger partial charge in [0.25, 0.3) is 11.8 Å². The number of rotatable bonds is 4. The molecule has 26 heavy (non-hydrogen) atoms. The van der Waals surface area contributed by atoms with Crippen LogP contribution in [-0.4, -0.2) is 73.0 Å². The average molecular weight is 379 g/mol. The molecular weight excluding hydrogens is 352 g/mol. The number of carbonyl (C=O) groups excluding carboxylic acids is 2. The molecule has 6 nitrogen and oxygen atoms in total. The van der Waals surface area contributed by atoms with Gasteiger partial charge in [0.1, 0.15) is 0 Å². The van der Waals surface area contributed by atoms with E-state index in [0.29, 0.717) is 23.2 Å². The summed E-state index contributed by atoms with van der Waals surface area (Å²) < 4.78 is 0. The predicted molar refractivity (Wildman–Crippen MR) is 103 cm³/mol. The van der Waals surface area contributed by atoms with E-state index < -0.39 is 0 Å². The zero-order valence-corrected chi connectivity index (χ0v) is 15.8. The highest BCUT2D eigenvalue weighted by molar-refractivity contribution is 5.98. The molecule has 2 heterocycles. The number of likely N-dealkylation sites (tertiary alicyclic amines) is 1. The first-order valence-electron chi connectivity index (χ1n) is 9.36. The van der Waals surface area contributed by atoms with Crippen LogP contribution in [0.5, 0.6) is 0 Å². The number of nitrogens with one attached hydrogen (secondary N) is 2. The Bertz CT molecular complexity index is 641. The maximum Gasteiger partial charge on any atom is 0.253 e. The Morgan fingerprint density at radius 3 is 2.27 bits per heavy atom. The molecule has 4 rings (SSSR count). The number of hydrogen-bond acceptors (Lipinski definition) is 4. The van der Waals surface area contributed by atoms with Gasteiger partial charge < -0.3 is 15.5 Å². The van der Waals surface area contributed by atoms with Gasteiger partial charge in [-0.15, -0.1) is 12.4 Å². The van der Waals surface area contributed by atoms with Gasteiger partial charge >= 0.3 is 0 Å². The molecule has 3 aliphatic rings. The van der Waals surface area contributed by atoms with Gasteiger partial charge in [-0.05, 0) is 43.5 Å². The minimum absolute atomic E-state index is 0. The first kappa shape index (κ1) is 19.1. The van der Waals surface area contributed by atoms with Gasteiger partial charge in [-0.1, -0.05) is 0 Å². The molecular formula is C19H27ClN4O2. The monoisotopic (exact) mass is 378 g/mol. The number of nitrogens with zero attached hydrogens (tertiary/aromatic N) is 2. The number of benzene rings is 1. The Morgan fingerprint density at radius 2 is 1.62 bits per heavy atom. The van der Waals surface area contributed by atoms with Crippen molar-refractivity contribution in [2.24, 2.45) is 0 Å². The first-order valence-corrected chi connectivity index (χ1v) is 9.36. The Kier molecular flexibility index (Phi) is 6.16. The third-order valence-corrected chi connectivity index (χ3v) is 5.43. The summed E-state index contributed by atoms with van der Waals surface area (Å²) in [6.07, 6.45) is 3.20. The van der Waals surface area contributed by atoms with Crippen molar-refractivity contribution in [2.45, 2.75) is 31.3 Å². The standard InChI is InChI=1S/C19H26N4O2.ClH/c24-18(21-16-5-6-16)14-1-3-15(4-2-14)19(25)23-10-7-17(13-23)22-11-8-20-9-12-22;/h1-4,16-17,20H,5-13H2,(H,21,24);1H. The Hall–Kier alpha value is -1.63. The third-order valence-electron chi connectivity index (χ3n) is 5.43. The number of piperazine rings is 1. The van der Waals surface area contributed by atoms with Crippen LogP contribution < -0.4 is 10.6 Å². The van der Waals surface area contributed by atoms with Crippen LogP contribution >= 0.6 is 12.4 Å². The maximum absolute atomic E-state index is 12.7. The van der Waals surface area contributed by atoms with Crippen LogP contribution in [0, 0.1) is 0 Å². The van der Waals surface area contributed by atoms with E-state index in [2.05, 4.69) is 15.5 Å². The lowest BCUT2D eigenvalue weighted by Crippen LogP contribution is -2.49. The fourth-order valence-electron chi connectivity index (χ4n) is 3.71. The number of hydrogen-bond donors (Lipinski definition) is 2. The van der Waals surface area contributed by atoms with E-state index in [-0.39, 0.29) is 24.2 Å². The Labute approximate surface area is 160 Å². The second kappa shape index (κ2) is 8.37. The van der Waals surface area contributed by atoms with Gasteiger partial charge in [-0.2, -0.15) is 0 Å². The predicted octanol–water partition coefficient (Wildman–Crippen LogP) is 1.12. The summed E-state index contributed by atoms with van der Waals surface area (Å²) in [6.45, 7) is 5.83. The molecule has 0 bridgehead atoms. The van der Waals surface area contributed by atoms with Gasteiger partial charge in [0.05, 0.1) is 0 Å². The quantitative estimate of drug-likeness (QED) is 0.824. The van der Waals surface area contributed by atoms with E-state index in [1.54, 1.807) is 24.3 Å². The molecule has 0 spiro atoms. The highest BCUT2D eigenvalue weighted by Crippen LogP contribution is 2.21. The second-order valence-electron chi connectivity index (χ2n) is 7.30. The zero-order valence-electron chi connectivity index (χ0n) is 14.9. The van der Waals surface area contributed by atoms with Crippen molar-refractivity contribution in [3.05, 3.63) is 35.4 Å². The highest BCUT2D eigenvalue weighted by atomic mass is 35.5. The first-order chi connectivity index (χ1) is 12.2. The lowest BCUT2D eigenvalue weighted by atomic mass is 10.1. The zero-order chi connectivity index (χ0) is 17.2. The summed E-state index contributed by atoms with van der Waals surface area (Å²) in [6, 6.07) is 7.91. The fraction of sp³-hybridized carbons (Fsp3) is 0.579. The second-order valence-corrected chi connectivity index (χ2v) is 7.30. The Balaban J connectivity index is 0.00000196. The molecule has 142 valence electrons. The van der Waals surface area contributed by atoms with Crippen LogP contribution in [0.4, 0.5) is 0 Å². The smallest absolute Gasteiger partial charge is 0.253 e. The molecule has 1 saturated carbocycles. The summed E-state index contributed by atoms with van der Waals surface area (Å²) in [4.78, 5) is 29.2. The van der Waals surface area contributed by atoms with Crippen LogP contribution in [0.2, 0.25) is 0 Å². The summed E-state index contributed by atoms with van der Waals surface area (Å²) in [7, 11) is 0. The van der Waals surface area contributed by atoms with E-state index in [1.807, 2.05) is 4.90 Å². The van der Waals surface area contributed by atoms with E-state index in [0.717, 1.165) is 58.5 Å².